The third-order valence-corrected chi connectivity index (χ3v) is 5.22. The van der Waals surface area contributed by atoms with Crippen LogP contribution in [-0.4, -0.2) is 41.3 Å². The molecule has 126 valence electrons. The quantitative estimate of drug-likeness (QED) is 0.720. The first-order valence-corrected chi connectivity index (χ1v) is 9.37. The highest BCUT2D eigenvalue weighted by Crippen LogP contribution is 2.26. The van der Waals surface area contributed by atoms with E-state index >= 15 is 0 Å². The fraction of sp³-hybridized carbons (Fsp3) is 0.312. The molecule has 0 aliphatic heterocycles. The topological polar surface area (TPSA) is 80.5 Å². The highest BCUT2D eigenvalue weighted by molar-refractivity contribution is 7.90. The van der Waals surface area contributed by atoms with Gasteiger partial charge in [-0.25, -0.2) is 13.4 Å². The summed E-state index contributed by atoms with van der Waals surface area (Å²) in [7, 11) is -1.23. The van der Waals surface area contributed by atoms with Gasteiger partial charge in [-0.05, 0) is 31.5 Å². The molecule has 7 nitrogen and oxygen atoms in total. The van der Waals surface area contributed by atoms with Gasteiger partial charge in [-0.3, -0.25) is 0 Å². The summed E-state index contributed by atoms with van der Waals surface area (Å²) in [5.74, 6) is 1.42. The Labute approximate surface area is 140 Å². The van der Waals surface area contributed by atoms with Crippen LogP contribution in [0.25, 0.3) is 5.78 Å². The van der Waals surface area contributed by atoms with Crippen LogP contribution in [0.1, 0.15) is 24.2 Å². The maximum atomic E-state index is 11.6. The number of benzene rings is 1. The Bertz CT molecular complexity index is 979. The predicted molar refractivity (Wildman–Crippen MR) is 91.9 cm³/mol. The monoisotopic (exact) mass is 345 g/mol. The lowest BCUT2D eigenvalue weighted by atomic mass is 10.1. The molecule has 8 heteroatoms. The molecular weight excluding hydrogens is 326 g/mol. The first-order chi connectivity index (χ1) is 11.3. The van der Waals surface area contributed by atoms with Crippen molar-refractivity contribution in [3.8, 4) is 0 Å². The molecule has 0 unspecified atom stereocenters. The summed E-state index contributed by atoms with van der Waals surface area (Å²) < 4.78 is 24.9. The van der Waals surface area contributed by atoms with Crippen molar-refractivity contribution in [1.82, 2.24) is 19.6 Å². The normalized spacial score (nSPS) is 13.2. The van der Waals surface area contributed by atoms with E-state index in [0.717, 1.165) is 17.1 Å². The van der Waals surface area contributed by atoms with Crippen molar-refractivity contribution in [2.45, 2.75) is 24.8 Å². The molecule has 0 saturated carbocycles. The Morgan fingerprint density at radius 2 is 1.88 bits per heavy atom. The van der Waals surface area contributed by atoms with Gasteiger partial charge in [-0.1, -0.05) is 12.1 Å². The number of aryl methyl sites for hydroxylation is 1. The Morgan fingerprint density at radius 1 is 1.21 bits per heavy atom. The molecule has 3 aromatic rings. The molecule has 0 spiro atoms. The molecule has 0 N–H and O–H groups in total. The Morgan fingerprint density at radius 3 is 2.50 bits per heavy atom. The van der Waals surface area contributed by atoms with Crippen LogP contribution >= 0.6 is 0 Å². The molecule has 1 aromatic carbocycles. The van der Waals surface area contributed by atoms with Gasteiger partial charge in [0.1, 0.15) is 12.1 Å². The lowest BCUT2D eigenvalue weighted by Crippen LogP contribution is -2.24. The van der Waals surface area contributed by atoms with Crippen molar-refractivity contribution in [1.29, 1.82) is 0 Å². The minimum Gasteiger partial charge on any atom is -0.353 e. The SMILES string of the molecule is Cc1cc(N(C)[C@H](C)c2ccc(S(C)(=O)=O)cc2)n2ncnc2n1. The second-order valence-corrected chi connectivity index (χ2v) is 7.87. The van der Waals surface area contributed by atoms with Gasteiger partial charge in [0.25, 0.3) is 5.78 Å². The molecule has 2 aromatic heterocycles. The molecule has 1 atom stereocenters. The third-order valence-electron chi connectivity index (χ3n) is 4.09. The molecule has 0 radical (unpaired) electrons. The molecule has 3 rings (SSSR count). The maximum Gasteiger partial charge on any atom is 0.254 e. The molecule has 24 heavy (non-hydrogen) atoms. The Balaban J connectivity index is 1.97. The summed E-state index contributed by atoms with van der Waals surface area (Å²) in [5, 5.41) is 4.23. The van der Waals surface area contributed by atoms with Gasteiger partial charge in [-0.15, -0.1) is 0 Å². The largest absolute Gasteiger partial charge is 0.353 e. The van der Waals surface area contributed by atoms with E-state index in [1.165, 1.54) is 12.6 Å². The number of rotatable bonds is 4. The van der Waals surface area contributed by atoms with E-state index in [9.17, 15) is 8.42 Å². The minimum absolute atomic E-state index is 0.0211. The van der Waals surface area contributed by atoms with E-state index in [0.29, 0.717) is 10.7 Å². The van der Waals surface area contributed by atoms with E-state index in [1.54, 1.807) is 16.6 Å². The zero-order chi connectivity index (χ0) is 17.5. The van der Waals surface area contributed by atoms with Gasteiger partial charge in [0, 0.05) is 25.1 Å². The number of hydrogen-bond donors (Lipinski definition) is 0. The molecule has 0 saturated heterocycles. The van der Waals surface area contributed by atoms with Crippen LogP contribution in [-0.2, 0) is 9.84 Å². The van der Waals surface area contributed by atoms with Crippen LogP contribution in [0.15, 0.2) is 41.6 Å². The number of hydrogen-bond acceptors (Lipinski definition) is 6. The molecule has 0 aliphatic carbocycles. The molecular formula is C16H19N5O2S. The predicted octanol–water partition coefficient (Wildman–Crippen LogP) is 2.03. The van der Waals surface area contributed by atoms with Crippen molar-refractivity contribution >= 4 is 21.4 Å². The minimum atomic E-state index is -3.19. The standard InChI is InChI=1S/C16H19N5O2S/c1-11-9-15(21-16(19-11)17-10-18-21)20(3)12(2)13-5-7-14(8-6-13)24(4,22)23/h5-10,12H,1-4H3/t12-/m1/s1. The van der Waals surface area contributed by atoms with Crippen LogP contribution in [0, 0.1) is 6.92 Å². The van der Waals surface area contributed by atoms with Crippen LogP contribution in [0.5, 0.6) is 0 Å². The van der Waals surface area contributed by atoms with Crippen molar-refractivity contribution in [2.24, 2.45) is 0 Å². The highest BCUT2D eigenvalue weighted by atomic mass is 32.2. The first-order valence-electron chi connectivity index (χ1n) is 7.47. The summed E-state index contributed by atoms with van der Waals surface area (Å²) in [6.07, 6.45) is 2.68. The average molecular weight is 345 g/mol. The lowest BCUT2D eigenvalue weighted by molar-refractivity contribution is 0.601. The Hall–Kier alpha value is -2.48. The lowest BCUT2D eigenvalue weighted by Gasteiger charge is -2.27. The average Bonchev–Trinajstić information content (AvgIpc) is 3.00. The molecule has 0 amide bonds. The number of anilines is 1. The summed E-state index contributed by atoms with van der Waals surface area (Å²) in [6, 6.07) is 8.92. The van der Waals surface area contributed by atoms with Gasteiger partial charge in [0.05, 0.1) is 10.9 Å². The van der Waals surface area contributed by atoms with Gasteiger partial charge in [0.2, 0.25) is 0 Å². The fourth-order valence-electron chi connectivity index (χ4n) is 2.58. The van der Waals surface area contributed by atoms with Gasteiger partial charge < -0.3 is 4.90 Å². The second kappa shape index (κ2) is 5.86. The van der Waals surface area contributed by atoms with Gasteiger partial charge in [-0.2, -0.15) is 14.6 Å². The van der Waals surface area contributed by atoms with E-state index < -0.39 is 9.84 Å². The second-order valence-electron chi connectivity index (χ2n) is 5.86. The summed E-state index contributed by atoms with van der Waals surface area (Å²) >= 11 is 0. The zero-order valence-corrected chi connectivity index (χ0v) is 14.8. The van der Waals surface area contributed by atoms with E-state index in [2.05, 4.69) is 20.0 Å². The summed E-state index contributed by atoms with van der Waals surface area (Å²) in [5.41, 5.74) is 1.87. The van der Waals surface area contributed by atoms with Crippen LogP contribution in [0.3, 0.4) is 0 Å². The molecule has 0 aliphatic rings. The van der Waals surface area contributed by atoms with E-state index in [4.69, 9.17) is 0 Å². The van der Waals surface area contributed by atoms with Gasteiger partial charge in [0.15, 0.2) is 9.84 Å². The smallest absolute Gasteiger partial charge is 0.254 e. The number of fused-ring (bicyclic) bond motifs is 1. The van der Waals surface area contributed by atoms with Crippen molar-refractivity contribution < 1.29 is 8.42 Å². The van der Waals surface area contributed by atoms with Crippen LogP contribution in [0.2, 0.25) is 0 Å². The van der Waals surface area contributed by atoms with E-state index in [-0.39, 0.29) is 6.04 Å². The molecule has 0 fully saturated rings. The van der Waals surface area contributed by atoms with Crippen molar-refractivity contribution in [3.63, 3.8) is 0 Å². The number of aromatic nitrogens is 4. The fourth-order valence-corrected chi connectivity index (χ4v) is 3.21. The van der Waals surface area contributed by atoms with Crippen LogP contribution in [0.4, 0.5) is 5.82 Å². The number of sulfone groups is 1. The van der Waals surface area contributed by atoms with Crippen LogP contribution < -0.4 is 4.90 Å². The highest BCUT2D eigenvalue weighted by Gasteiger charge is 2.17. The van der Waals surface area contributed by atoms with Crippen molar-refractivity contribution in [2.75, 3.05) is 18.2 Å². The van der Waals surface area contributed by atoms with Crippen molar-refractivity contribution in [3.05, 3.63) is 47.9 Å². The molecule has 2 heterocycles. The number of nitrogens with zero attached hydrogens (tertiary/aromatic N) is 5. The van der Waals surface area contributed by atoms with Gasteiger partial charge >= 0.3 is 0 Å². The maximum absolute atomic E-state index is 11.6. The molecule has 0 bridgehead atoms. The Kier molecular flexibility index (Phi) is 4.00. The van der Waals surface area contributed by atoms with E-state index in [1.807, 2.05) is 39.1 Å². The first kappa shape index (κ1) is 16.4. The summed E-state index contributed by atoms with van der Waals surface area (Å²) in [6.45, 7) is 3.96. The summed E-state index contributed by atoms with van der Waals surface area (Å²) in [4.78, 5) is 10.9. The zero-order valence-electron chi connectivity index (χ0n) is 14.0. The third kappa shape index (κ3) is 2.96.